The summed E-state index contributed by atoms with van der Waals surface area (Å²) in [7, 11) is 0. The van der Waals surface area contributed by atoms with Gasteiger partial charge in [-0.05, 0) is 18.6 Å². The summed E-state index contributed by atoms with van der Waals surface area (Å²) in [6.45, 7) is 2.70. The maximum Gasteiger partial charge on any atom is 0.269 e. The minimum Gasteiger partial charge on any atom is -0.373 e. The molecule has 0 aromatic heterocycles. The summed E-state index contributed by atoms with van der Waals surface area (Å²) in [6, 6.07) is 5.56. The first-order valence-electron chi connectivity index (χ1n) is 6.00. The van der Waals surface area contributed by atoms with Gasteiger partial charge in [-0.15, -0.1) is 0 Å². The number of nitro benzene ring substituents is 1. The van der Waals surface area contributed by atoms with Gasteiger partial charge >= 0.3 is 0 Å². The van der Waals surface area contributed by atoms with Crippen LogP contribution in [0.2, 0.25) is 0 Å². The molecule has 0 bridgehead atoms. The molecule has 0 aliphatic heterocycles. The molecule has 0 saturated heterocycles. The molecule has 0 aliphatic carbocycles. The van der Waals surface area contributed by atoms with Crippen molar-refractivity contribution in [3.8, 4) is 0 Å². The SMILES string of the molecule is CCCCCOCC(=O)c1ccc([N+](=O)[O-])cc1. The zero-order valence-electron chi connectivity index (χ0n) is 10.4. The Morgan fingerprint density at radius 1 is 1.28 bits per heavy atom. The van der Waals surface area contributed by atoms with E-state index in [1.165, 1.54) is 24.3 Å². The number of unbranched alkanes of at least 4 members (excludes halogenated alkanes) is 2. The standard InChI is InChI=1S/C13H17NO4/c1-2-3-4-9-18-10-13(15)11-5-7-12(8-6-11)14(16)17/h5-8H,2-4,9-10H2,1H3. The monoisotopic (exact) mass is 251 g/mol. The van der Waals surface area contributed by atoms with Crippen molar-refractivity contribution in [2.24, 2.45) is 0 Å². The maximum atomic E-state index is 11.7. The van der Waals surface area contributed by atoms with Crippen molar-refractivity contribution in [2.45, 2.75) is 26.2 Å². The van der Waals surface area contributed by atoms with E-state index in [0.717, 1.165) is 19.3 Å². The summed E-state index contributed by atoms with van der Waals surface area (Å²) in [5.41, 5.74) is 0.423. The molecule has 0 spiro atoms. The van der Waals surface area contributed by atoms with E-state index in [9.17, 15) is 14.9 Å². The van der Waals surface area contributed by atoms with E-state index in [-0.39, 0.29) is 18.1 Å². The summed E-state index contributed by atoms with van der Waals surface area (Å²) < 4.78 is 5.25. The lowest BCUT2D eigenvalue weighted by Gasteiger charge is -2.03. The average Bonchev–Trinajstić information content (AvgIpc) is 2.38. The molecule has 5 nitrogen and oxygen atoms in total. The molecule has 0 unspecified atom stereocenters. The van der Waals surface area contributed by atoms with E-state index < -0.39 is 4.92 Å². The van der Waals surface area contributed by atoms with Crippen molar-refractivity contribution in [3.05, 3.63) is 39.9 Å². The van der Waals surface area contributed by atoms with Gasteiger partial charge in [0, 0.05) is 24.3 Å². The molecule has 5 heteroatoms. The largest absolute Gasteiger partial charge is 0.373 e. The third-order valence-corrected chi connectivity index (χ3v) is 2.53. The Balaban J connectivity index is 2.39. The molecule has 18 heavy (non-hydrogen) atoms. The van der Waals surface area contributed by atoms with Gasteiger partial charge in [0.05, 0.1) is 4.92 Å². The van der Waals surface area contributed by atoms with Gasteiger partial charge in [0.15, 0.2) is 5.78 Å². The molecular weight excluding hydrogens is 234 g/mol. The first-order valence-corrected chi connectivity index (χ1v) is 6.00. The molecule has 0 radical (unpaired) electrons. The van der Waals surface area contributed by atoms with E-state index in [1.807, 2.05) is 0 Å². The van der Waals surface area contributed by atoms with Crippen LogP contribution in [-0.2, 0) is 4.74 Å². The van der Waals surface area contributed by atoms with Crippen LogP contribution in [-0.4, -0.2) is 23.9 Å². The number of non-ortho nitro benzene ring substituents is 1. The van der Waals surface area contributed by atoms with E-state index >= 15 is 0 Å². The number of hydrogen-bond acceptors (Lipinski definition) is 4. The van der Waals surface area contributed by atoms with Gasteiger partial charge in [-0.1, -0.05) is 19.8 Å². The lowest BCUT2D eigenvalue weighted by Crippen LogP contribution is -2.09. The van der Waals surface area contributed by atoms with Crippen LogP contribution >= 0.6 is 0 Å². The van der Waals surface area contributed by atoms with Crippen molar-refractivity contribution < 1.29 is 14.5 Å². The number of ketones is 1. The molecule has 98 valence electrons. The van der Waals surface area contributed by atoms with E-state index in [0.29, 0.717) is 12.2 Å². The van der Waals surface area contributed by atoms with Crippen LogP contribution in [0.5, 0.6) is 0 Å². The van der Waals surface area contributed by atoms with Gasteiger partial charge in [-0.3, -0.25) is 14.9 Å². The number of carbonyl (C=O) groups is 1. The molecule has 0 heterocycles. The Morgan fingerprint density at radius 3 is 2.50 bits per heavy atom. The normalized spacial score (nSPS) is 10.3. The number of ether oxygens (including phenoxy) is 1. The highest BCUT2D eigenvalue weighted by Crippen LogP contribution is 2.12. The van der Waals surface area contributed by atoms with Crippen LogP contribution in [0.25, 0.3) is 0 Å². The first kappa shape index (κ1) is 14.3. The zero-order chi connectivity index (χ0) is 13.4. The molecule has 0 aliphatic rings. The Bertz CT molecular complexity index is 400. The highest BCUT2D eigenvalue weighted by atomic mass is 16.6. The summed E-state index contributed by atoms with van der Waals surface area (Å²) >= 11 is 0. The minimum absolute atomic E-state index is 0.0181. The summed E-state index contributed by atoms with van der Waals surface area (Å²) in [5, 5.41) is 10.5. The van der Waals surface area contributed by atoms with Crippen LogP contribution in [0.15, 0.2) is 24.3 Å². The highest BCUT2D eigenvalue weighted by molar-refractivity contribution is 5.97. The lowest BCUT2D eigenvalue weighted by molar-refractivity contribution is -0.384. The number of nitro groups is 1. The molecule has 0 fully saturated rings. The highest BCUT2D eigenvalue weighted by Gasteiger charge is 2.09. The van der Waals surface area contributed by atoms with Gasteiger partial charge in [0.1, 0.15) is 6.61 Å². The summed E-state index contributed by atoms with van der Waals surface area (Å²) in [5.74, 6) is -0.151. The number of Topliss-reactive ketones (excluding diaryl/α,β-unsaturated/α-hetero) is 1. The van der Waals surface area contributed by atoms with E-state index in [4.69, 9.17) is 4.74 Å². The quantitative estimate of drug-likeness (QED) is 0.308. The van der Waals surface area contributed by atoms with Crippen LogP contribution in [0.4, 0.5) is 5.69 Å². The number of hydrogen-bond donors (Lipinski definition) is 0. The van der Waals surface area contributed by atoms with Gasteiger partial charge in [-0.2, -0.15) is 0 Å². The molecule has 1 aromatic carbocycles. The van der Waals surface area contributed by atoms with Crippen LogP contribution in [0, 0.1) is 10.1 Å². The molecule has 0 N–H and O–H groups in total. The predicted octanol–water partition coefficient (Wildman–Crippen LogP) is 2.98. The van der Waals surface area contributed by atoms with Crippen LogP contribution < -0.4 is 0 Å². The van der Waals surface area contributed by atoms with Crippen molar-refractivity contribution in [3.63, 3.8) is 0 Å². The van der Waals surface area contributed by atoms with E-state index in [2.05, 4.69) is 6.92 Å². The van der Waals surface area contributed by atoms with Crippen molar-refractivity contribution in [2.75, 3.05) is 13.2 Å². The zero-order valence-corrected chi connectivity index (χ0v) is 10.4. The summed E-state index contributed by atoms with van der Waals surface area (Å²) in [6.07, 6.45) is 3.15. The lowest BCUT2D eigenvalue weighted by atomic mass is 10.1. The Hall–Kier alpha value is -1.75. The molecular formula is C13H17NO4. The van der Waals surface area contributed by atoms with Gasteiger partial charge in [0.25, 0.3) is 5.69 Å². The van der Waals surface area contributed by atoms with Gasteiger partial charge in [-0.25, -0.2) is 0 Å². The molecule has 0 saturated carbocycles. The second-order valence-electron chi connectivity index (χ2n) is 3.99. The fourth-order valence-corrected chi connectivity index (χ4v) is 1.47. The molecule has 0 amide bonds. The fraction of sp³-hybridized carbons (Fsp3) is 0.462. The Morgan fingerprint density at radius 2 is 1.94 bits per heavy atom. The third kappa shape index (κ3) is 4.63. The number of carbonyl (C=O) groups excluding carboxylic acids is 1. The molecule has 0 atom stereocenters. The van der Waals surface area contributed by atoms with Crippen molar-refractivity contribution >= 4 is 11.5 Å². The van der Waals surface area contributed by atoms with Crippen molar-refractivity contribution in [1.82, 2.24) is 0 Å². The maximum absolute atomic E-state index is 11.7. The van der Waals surface area contributed by atoms with E-state index in [1.54, 1.807) is 0 Å². The Labute approximate surface area is 106 Å². The molecule has 1 aromatic rings. The second kappa shape index (κ2) is 7.55. The van der Waals surface area contributed by atoms with Crippen LogP contribution in [0.1, 0.15) is 36.5 Å². The van der Waals surface area contributed by atoms with Gasteiger partial charge in [0.2, 0.25) is 0 Å². The summed E-state index contributed by atoms with van der Waals surface area (Å²) in [4.78, 5) is 21.6. The smallest absolute Gasteiger partial charge is 0.269 e. The van der Waals surface area contributed by atoms with Crippen LogP contribution in [0.3, 0.4) is 0 Å². The van der Waals surface area contributed by atoms with Crippen molar-refractivity contribution in [1.29, 1.82) is 0 Å². The number of benzene rings is 1. The average molecular weight is 251 g/mol. The minimum atomic E-state index is -0.491. The number of nitrogens with zero attached hydrogens (tertiary/aromatic N) is 1. The fourth-order valence-electron chi connectivity index (χ4n) is 1.47. The predicted molar refractivity (Wildman–Crippen MR) is 67.8 cm³/mol. The topological polar surface area (TPSA) is 69.4 Å². The van der Waals surface area contributed by atoms with Gasteiger partial charge < -0.3 is 4.74 Å². The third-order valence-electron chi connectivity index (χ3n) is 2.53. The first-order chi connectivity index (χ1) is 8.65. The number of rotatable bonds is 8. The second-order valence-corrected chi connectivity index (χ2v) is 3.99. The Kier molecular flexibility index (Phi) is 6.00. The molecule has 1 rings (SSSR count).